The van der Waals surface area contributed by atoms with Gasteiger partial charge in [0.05, 0.1) is 11.4 Å². The first-order chi connectivity index (χ1) is 12.7. The molecule has 1 aromatic carbocycles. The molecule has 0 radical (unpaired) electrons. The third kappa shape index (κ3) is 3.68. The fraction of sp³-hybridized carbons (Fsp3) is 0.381. The Hall–Kier alpha value is -2.53. The van der Waals surface area contributed by atoms with E-state index in [1.165, 1.54) is 29.8 Å². The number of benzene rings is 1. The van der Waals surface area contributed by atoms with Crippen LogP contribution in [0.15, 0.2) is 48.9 Å². The molecule has 0 saturated carbocycles. The number of aromatic nitrogens is 4. The molecular formula is C21H25N5. The topological polar surface area (TPSA) is 46.8 Å². The third-order valence-corrected chi connectivity index (χ3v) is 5.10. The molecule has 5 heteroatoms. The first-order valence-electron chi connectivity index (χ1n) is 9.30. The van der Waals surface area contributed by atoms with Crippen molar-refractivity contribution in [2.24, 2.45) is 0 Å². The Morgan fingerprint density at radius 3 is 2.85 bits per heavy atom. The van der Waals surface area contributed by atoms with Crippen molar-refractivity contribution < 1.29 is 0 Å². The summed E-state index contributed by atoms with van der Waals surface area (Å²) in [6.07, 6.45) is 5.93. The fourth-order valence-corrected chi connectivity index (χ4v) is 3.92. The number of hydrogen-bond acceptors (Lipinski definition) is 4. The highest BCUT2D eigenvalue weighted by atomic mass is 15.3. The van der Waals surface area contributed by atoms with E-state index in [2.05, 4.69) is 63.3 Å². The largest absolute Gasteiger partial charge is 0.298 e. The van der Waals surface area contributed by atoms with Crippen LogP contribution in [0.4, 0.5) is 0 Å². The average Bonchev–Trinajstić information content (AvgIpc) is 3.01. The lowest BCUT2D eigenvalue weighted by atomic mass is 9.94. The Bertz CT molecular complexity index is 871. The molecule has 0 spiro atoms. The number of aryl methyl sites for hydroxylation is 2. The van der Waals surface area contributed by atoms with Gasteiger partial charge >= 0.3 is 0 Å². The summed E-state index contributed by atoms with van der Waals surface area (Å²) in [5.41, 5.74) is 5.86. The van der Waals surface area contributed by atoms with E-state index in [-0.39, 0.29) is 0 Å². The molecule has 4 rings (SSSR count). The molecule has 5 nitrogen and oxygen atoms in total. The number of hydrogen-bond donors (Lipinski definition) is 0. The minimum Gasteiger partial charge on any atom is -0.298 e. The van der Waals surface area contributed by atoms with Gasteiger partial charge in [-0.05, 0) is 63.1 Å². The van der Waals surface area contributed by atoms with Crippen molar-refractivity contribution in [1.82, 2.24) is 24.6 Å². The monoisotopic (exact) mass is 347 g/mol. The van der Waals surface area contributed by atoms with E-state index in [1.807, 2.05) is 17.8 Å². The molecule has 0 aliphatic carbocycles. The molecule has 1 aliphatic heterocycles. The van der Waals surface area contributed by atoms with E-state index < -0.39 is 0 Å². The summed E-state index contributed by atoms with van der Waals surface area (Å²) in [6, 6.07) is 12.9. The van der Waals surface area contributed by atoms with Crippen LogP contribution in [-0.4, -0.2) is 37.7 Å². The van der Waals surface area contributed by atoms with Crippen molar-refractivity contribution >= 4 is 0 Å². The summed E-state index contributed by atoms with van der Waals surface area (Å²) in [6.45, 7) is 7.31. The zero-order valence-electron chi connectivity index (χ0n) is 15.5. The lowest BCUT2D eigenvalue weighted by Gasteiger charge is -2.32. The fourth-order valence-electron chi connectivity index (χ4n) is 3.92. The molecule has 134 valence electrons. The maximum atomic E-state index is 4.61. The molecular weight excluding hydrogens is 322 g/mol. The molecule has 1 saturated heterocycles. The first kappa shape index (κ1) is 16.9. The minimum atomic E-state index is 0.506. The molecule has 3 aromatic rings. The molecule has 1 aliphatic rings. The van der Waals surface area contributed by atoms with E-state index in [4.69, 9.17) is 0 Å². The van der Waals surface area contributed by atoms with Gasteiger partial charge in [-0.3, -0.25) is 4.90 Å². The van der Waals surface area contributed by atoms with Crippen molar-refractivity contribution in [1.29, 1.82) is 0 Å². The normalized spacial score (nSPS) is 18.2. The molecule has 3 heterocycles. The van der Waals surface area contributed by atoms with Gasteiger partial charge in [0.2, 0.25) is 0 Å². The first-order valence-corrected chi connectivity index (χ1v) is 9.30. The SMILES string of the molecule is Cc1cc(C)n(-c2cccc(CN3CCC[C@H](c4ccncn4)C3)c2)n1. The third-order valence-electron chi connectivity index (χ3n) is 5.10. The van der Waals surface area contributed by atoms with Gasteiger partial charge < -0.3 is 0 Å². The van der Waals surface area contributed by atoms with Crippen molar-refractivity contribution in [2.45, 2.75) is 39.2 Å². The molecule has 0 N–H and O–H groups in total. The second-order valence-corrected chi connectivity index (χ2v) is 7.22. The van der Waals surface area contributed by atoms with E-state index >= 15 is 0 Å². The number of rotatable bonds is 4. The highest BCUT2D eigenvalue weighted by Gasteiger charge is 2.22. The van der Waals surface area contributed by atoms with Crippen molar-refractivity contribution in [3.63, 3.8) is 0 Å². The maximum absolute atomic E-state index is 4.61. The standard InChI is InChI=1S/C21H25N5/c1-16-11-17(2)26(24-16)20-7-3-5-18(12-20)13-25-10-4-6-19(14-25)21-8-9-22-15-23-21/h3,5,7-9,11-12,15,19H,4,6,10,13-14H2,1-2H3/t19-/m0/s1. The van der Waals surface area contributed by atoms with Gasteiger partial charge in [-0.15, -0.1) is 0 Å². The predicted octanol–water partition coefficient (Wildman–Crippen LogP) is 3.66. The zero-order valence-corrected chi connectivity index (χ0v) is 15.5. The summed E-state index contributed by atoms with van der Waals surface area (Å²) < 4.78 is 2.03. The lowest BCUT2D eigenvalue weighted by molar-refractivity contribution is 0.198. The smallest absolute Gasteiger partial charge is 0.115 e. The van der Waals surface area contributed by atoms with Gasteiger partial charge in [-0.25, -0.2) is 14.6 Å². The molecule has 26 heavy (non-hydrogen) atoms. The van der Waals surface area contributed by atoms with Gasteiger partial charge in [0.1, 0.15) is 6.33 Å². The van der Waals surface area contributed by atoms with Crippen molar-refractivity contribution in [3.05, 3.63) is 71.6 Å². The van der Waals surface area contributed by atoms with Crippen LogP contribution in [0.25, 0.3) is 5.69 Å². The van der Waals surface area contributed by atoms with Gasteiger partial charge in [0.25, 0.3) is 0 Å². The number of nitrogens with zero attached hydrogens (tertiary/aromatic N) is 5. The Morgan fingerprint density at radius 2 is 2.08 bits per heavy atom. The van der Waals surface area contributed by atoms with Crippen LogP contribution in [0, 0.1) is 13.8 Å². The van der Waals surface area contributed by atoms with E-state index in [9.17, 15) is 0 Å². The summed E-state index contributed by atoms with van der Waals surface area (Å²) in [4.78, 5) is 11.0. The van der Waals surface area contributed by atoms with Crippen LogP contribution in [0.3, 0.4) is 0 Å². The summed E-state index contributed by atoms with van der Waals surface area (Å²) in [7, 11) is 0. The summed E-state index contributed by atoms with van der Waals surface area (Å²) >= 11 is 0. The Kier molecular flexibility index (Phi) is 4.80. The second kappa shape index (κ2) is 7.38. The maximum Gasteiger partial charge on any atom is 0.115 e. The predicted molar refractivity (Wildman–Crippen MR) is 102 cm³/mol. The van der Waals surface area contributed by atoms with Gasteiger partial charge in [-0.2, -0.15) is 5.10 Å². The van der Waals surface area contributed by atoms with Gasteiger partial charge in [-0.1, -0.05) is 12.1 Å². The Balaban J connectivity index is 1.49. The van der Waals surface area contributed by atoms with Crippen molar-refractivity contribution in [3.8, 4) is 5.69 Å². The van der Waals surface area contributed by atoms with Gasteiger partial charge in [0.15, 0.2) is 0 Å². The Morgan fingerprint density at radius 1 is 1.15 bits per heavy atom. The van der Waals surface area contributed by atoms with Crippen LogP contribution in [0.1, 0.15) is 41.4 Å². The van der Waals surface area contributed by atoms with Crippen molar-refractivity contribution in [2.75, 3.05) is 13.1 Å². The van der Waals surface area contributed by atoms with Crippen LogP contribution >= 0.6 is 0 Å². The average molecular weight is 347 g/mol. The van der Waals surface area contributed by atoms with E-state index in [0.29, 0.717) is 5.92 Å². The zero-order chi connectivity index (χ0) is 17.9. The molecule has 0 amide bonds. The lowest BCUT2D eigenvalue weighted by Crippen LogP contribution is -2.34. The summed E-state index contributed by atoms with van der Waals surface area (Å²) in [5.74, 6) is 0.506. The molecule has 0 bridgehead atoms. The molecule has 0 unspecified atom stereocenters. The van der Waals surface area contributed by atoms with Crippen LogP contribution < -0.4 is 0 Å². The van der Waals surface area contributed by atoms with Crippen LogP contribution in [0.5, 0.6) is 0 Å². The van der Waals surface area contributed by atoms with Crippen LogP contribution in [-0.2, 0) is 6.54 Å². The van der Waals surface area contributed by atoms with Crippen LogP contribution in [0.2, 0.25) is 0 Å². The van der Waals surface area contributed by atoms with E-state index in [1.54, 1.807) is 6.33 Å². The second-order valence-electron chi connectivity index (χ2n) is 7.22. The highest BCUT2D eigenvalue weighted by Crippen LogP contribution is 2.26. The van der Waals surface area contributed by atoms with E-state index in [0.717, 1.165) is 31.0 Å². The molecule has 2 aromatic heterocycles. The number of likely N-dealkylation sites (tertiary alicyclic amines) is 1. The molecule has 1 fully saturated rings. The Labute approximate surface area is 154 Å². The minimum absolute atomic E-state index is 0.506. The quantitative estimate of drug-likeness (QED) is 0.723. The van der Waals surface area contributed by atoms with Gasteiger partial charge in [0, 0.05) is 36.6 Å². The summed E-state index contributed by atoms with van der Waals surface area (Å²) in [5, 5.41) is 4.61. The molecule has 1 atom stereocenters. The number of piperidine rings is 1. The highest BCUT2D eigenvalue weighted by molar-refractivity contribution is 5.37.